The van der Waals surface area contributed by atoms with Gasteiger partial charge in [0.05, 0.1) is 6.61 Å². The van der Waals surface area contributed by atoms with Crippen molar-refractivity contribution in [2.75, 3.05) is 20.3 Å². The summed E-state index contributed by atoms with van der Waals surface area (Å²) in [4.78, 5) is 2.43. The average molecular weight is 294 g/mol. The molecule has 2 rings (SSSR count). The van der Waals surface area contributed by atoms with Crippen molar-refractivity contribution in [3.63, 3.8) is 0 Å². The third kappa shape index (κ3) is 4.25. The Morgan fingerprint density at radius 2 is 1.90 bits per heavy atom. The molecule has 0 heterocycles. The molecule has 0 aromatic heterocycles. The summed E-state index contributed by atoms with van der Waals surface area (Å²) in [6.07, 6.45) is 2.58. The first kappa shape index (κ1) is 16.4. The summed E-state index contributed by atoms with van der Waals surface area (Å²) in [6.45, 7) is 5.82. The summed E-state index contributed by atoms with van der Waals surface area (Å²) >= 11 is 0. The van der Waals surface area contributed by atoms with Gasteiger partial charge in [0.1, 0.15) is 5.82 Å². The third-order valence-electron chi connectivity index (χ3n) is 4.45. The molecule has 0 saturated heterocycles. The van der Waals surface area contributed by atoms with Crippen LogP contribution in [0.2, 0.25) is 0 Å². The highest BCUT2D eigenvalue weighted by Gasteiger charge is 2.36. The number of ether oxygens (including phenoxy) is 1. The second kappa shape index (κ2) is 7.34. The first-order valence-corrected chi connectivity index (χ1v) is 7.80. The Morgan fingerprint density at radius 3 is 2.38 bits per heavy atom. The molecule has 1 fully saturated rings. The van der Waals surface area contributed by atoms with Crippen LogP contribution in [0.3, 0.4) is 0 Å². The summed E-state index contributed by atoms with van der Waals surface area (Å²) in [6, 6.07) is 7.28. The highest BCUT2D eigenvalue weighted by atomic mass is 19.1. The second-order valence-corrected chi connectivity index (χ2v) is 6.16. The monoisotopic (exact) mass is 294 g/mol. The van der Waals surface area contributed by atoms with Crippen molar-refractivity contribution in [1.82, 2.24) is 4.90 Å². The minimum absolute atomic E-state index is 0.0199. The van der Waals surface area contributed by atoms with Crippen LogP contribution in [0.25, 0.3) is 0 Å². The molecule has 0 bridgehead atoms. The van der Waals surface area contributed by atoms with Gasteiger partial charge >= 0.3 is 0 Å². The first-order chi connectivity index (χ1) is 10.0. The molecular weight excluding hydrogens is 267 g/mol. The van der Waals surface area contributed by atoms with Crippen LogP contribution >= 0.6 is 0 Å². The largest absolute Gasteiger partial charge is 0.383 e. The molecule has 21 heavy (non-hydrogen) atoms. The smallest absolute Gasteiger partial charge is 0.123 e. The Balaban J connectivity index is 2.23. The molecule has 4 heteroatoms. The van der Waals surface area contributed by atoms with Crippen LogP contribution in [0.1, 0.15) is 38.3 Å². The molecule has 3 unspecified atom stereocenters. The number of hydrogen-bond acceptors (Lipinski definition) is 3. The fourth-order valence-corrected chi connectivity index (χ4v) is 3.10. The first-order valence-electron chi connectivity index (χ1n) is 7.80. The van der Waals surface area contributed by atoms with Crippen molar-refractivity contribution in [3.8, 4) is 0 Å². The van der Waals surface area contributed by atoms with Crippen LogP contribution in [0.15, 0.2) is 24.3 Å². The summed E-state index contributed by atoms with van der Waals surface area (Å²) in [7, 11) is 1.72. The molecule has 1 aliphatic carbocycles. The van der Waals surface area contributed by atoms with E-state index in [1.807, 2.05) is 19.1 Å². The van der Waals surface area contributed by atoms with Gasteiger partial charge in [-0.3, -0.25) is 4.90 Å². The molecule has 1 aromatic carbocycles. The van der Waals surface area contributed by atoms with Gasteiger partial charge < -0.3 is 10.5 Å². The van der Waals surface area contributed by atoms with Crippen molar-refractivity contribution >= 4 is 0 Å². The Hall–Kier alpha value is -0.970. The van der Waals surface area contributed by atoms with Crippen LogP contribution < -0.4 is 5.73 Å². The number of methoxy groups -OCH3 is 1. The normalized spacial score (nSPS) is 19.5. The maximum atomic E-state index is 13.2. The van der Waals surface area contributed by atoms with E-state index >= 15 is 0 Å². The van der Waals surface area contributed by atoms with Gasteiger partial charge in [0.15, 0.2) is 0 Å². The van der Waals surface area contributed by atoms with E-state index in [0.717, 1.165) is 18.0 Å². The Labute approximate surface area is 127 Å². The van der Waals surface area contributed by atoms with Crippen LogP contribution in [-0.4, -0.2) is 37.2 Å². The molecule has 0 amide bonds. The number of nitrogens with two attached hydrogens (primary N) is 1. The van der Waals surface area contributed by atoms with Crippen LogP contribution in [0.4, 0.5) is 4.39 Å². The highest BCUT2D eigenvalue weighted by Crippen LogP contribution is 2.38. The van der Waals surface area contributed by atoms with Crippen LogP contribution in [0.5, 0.6) is 0 Å². The van der Waals surface area contributed by atoms with E-state index in [2.05, 4.69) is 11.8 Å². The zero-order valence-electron chi connectivity index (χ0n) is 13.3. The van der Waals surface area contributed by atoms with Gasteiger partial charge in [-0.05, 0) is 50.3 Å². The lowest BCUT2D eigenvalue weighted by Gasteiger charge is -2.39. The lowest BCUT2D eigenvalue weighted by atomic mass is 9.96. The van der Waals surface area contributed by atoms with E-state index < -0.39 is 0 Å². The number of rotatable bonds is 8. The van der Waals surface area contributed by atoms with E-state index in [1.165, 1.54) is 25.0 Å². The fourth-order valence-electron chi connectivity index (χ4n) is 3.10. The van der Waals surface area contributed by atoms with E-state index in [1.54, 1.807) is 7.11 Å². The topological polar surface area (TPSA) is 38.5 Å². The lowest BCUT2D eigenvalue weighted by Crippen LogP contribution is -2.46. The predicted octanol–water partition coefficient (Wildman–Crippen LogP) is 2.96. The Bertz CT molecular complexity index is 431. The fraction of sp³-hybridized carbons (Fsp3) is 0.647. The van der Waals surface area contributed by atoms with Crippen LogP contribution in [0, 0.1) is 11.7 Å². The maximum absolute atomic E-state index is 13.2. The molecule has 0 radical (unpaired) electrons. The van der Waals surface area contributed by atoms with Crippen molar-refractivity contribution in [2.45, 2.75) is 44.8 Å². The molecule has 118 valence electrons. The van der Waals surface area contributed by atoms with Crippen molar-refractivity contribution in [2.24, 2.45) is 11.7 Å². The minimum atomic E-state index is -0.208. The number of nitrogens with zero attached hydrogens (tertiary/aromatic N) is 1. The third-order valence-corrected chi connectivity index (χ3v) is 4.45. The van der Waals surface area contributed by atoms with E-state index in [4.69, 9.17) is 10.5 Å². The molecule has 3 nitrogen and oxygen atoms in total. The number of hydrogen-bond donors (Lipinski definition) is 1. The van der Waals surface area contributed by atoms with Gasteiger partial charge in [0.2, 0.25) is 0 Å². The predicted molar refractivity (Wildman–Crippen MR) is 83.6 cm³/mol. The minimum Gasteiger partial charge on any atom is -0.383 e. The Morgan fingerprint density at radius 1 is 1.29 bits per heavy atom. The average Bonchev–Trinajstić information content (AvgIpc) is 3.28. The van der Waals surface area contributed by atoms with Gasteiger partial charge in [-0.2, -0.15) is 0 Å². The van der Waals surface area contributed by atoms with Gasteiger partial charge in [-0.15, -0.1) is 0 Å². The molecule has 0 spiro atoms. The van der Waals surface area contributed by atoms with Crippen LogP contribution in [-0.2, 0) is 4.74 Å². The van der Waals surface area contributed by atoms with Crippen molar-refractivity contribution in [1.29, 1.82) is 0 Å². The lowest BCUT2D eigenvalue weighted by molar-refractivity contribution is 0.0719. The zero-order valence-corrected chi connectivity index (χ0v) is 13.3. The van der Waals surface area contributed by atoms with E-state index in [9.17, 15) is 4.39 Å². The van der Waals surface area contributed by atoms with Gasteiger partial charge in [-0.1, -0.05) is 12.1 Å². The van der Waals surface area contributed by atoms with E-state index in [0.29, 0.717) is 12.6 Å². The Kier molecular flexibility index (Phi) is 5.73. The molecule has 1 aromatic rings. The summed E-state index contributed by atoms with van der Waals surface area (Å²) in [5.74, 6) is 0.546. The molecular formula is C17H27FN2O. The molecule has 2 N–H and O–H groups in total. The summed E-state index contributed by atoms with van der Waals surface area (Å²) in [5.41, 5.74) is 7.34. The molecule has 1 aliphatic rings. The van der Waals surface area contributed by atoms with Gasteiger partial charge in [0, 0.05) is 31.8 Å². The summed E-state index contributed by atoms with van der Waals surface area (Å²) in [5, 5.41) is 0. The van der Waals surface area contributed by atoms with E-state index in [-0.39, 0.29) is 17.9 Å². The molecule has 1 saturated carbocycles. The SMILES string of the molecule is COCCN(C(C)C1CC1)C(c1ccc(F)cc1)C(C)N. The van der Waals surface area contributed by atoms with Crippen molar-refractivity contribution in [3.05, 3.63) is 35.6 Å². The maximum Gasteiger partial charge on any atom is 0.123 e. The molecule has 0 aliphatic heterocycles. The summed E-state index contributed by atoms with van der Waals surface area (Å²) < 4.78 is 18.5. The molecule has 3 atom stereocenters. The van der Waals surface area contributed by atoms with Gasteiger partial charge in [-0.25, -0.2) is 4.39 Å². The number of halogens is 1. The van der Waals surface area contributed by atoms with Gasteiger partial charge in [0.25, 0.3) is 0 Å². The standard InChI is InChI=1S/C17H27FN2O/c1-12(19)17(15-6-8-16(18)9-7-15)20(10-11-21-3)13(2)14-4-5-14/h6-9,12-14,17H,4-5,10-11,19H2,1-3H3. The zero-order chi connectivity index (χ0) is 15.4. The highest BCUT2D eigenvalue weighted by molar-refractivity contribution is 5.22. The number of benzene rings is 1. The quantitative estimate of drug-likeness (QED) is 0.801. The van der Waals surface area contributed by atoms with Crippen molar-refractivity contribution < 1.29 is 9.13 Å². The second-order valence-electron chi connectivity index (χ2n) is 6.16.